The number of hydrogen-bond donors (Lipinski definition) is 1. The summed E-state index contributed by atoms with van der Waals surface area (Å²) in [5.74, 6) is -2.04. The van der Waals surface area contributed by atoms with Crippen LogP contribution >= 0.6 is 0 Å². The molecule has 6 rings (SSSR count). The van der Waals surface area contributed by atoms with Crippen molar-refractivity contribution in [1.29, 1.82) is 0 Å². The first-order valence-corrected chi connectivity index (χ1v) is 13.1. The van der Waals surface area contributed by atoms with Gasteiger partial charge in [0.2, 0.25) is 0 Å². The largest absolute Gasteiger partial charge is 0.379 e. The topological polar surface area (TPSA) is 94.3 Å². The van der Waals surface area contributed by atoms with Gasteiger partial charge in [0, 0.05) is 31.1 Å². The SMILES string of the molecule is C[C@@H]1CCN(c2c(NC(=O)c3ccc(=O)n(-c4c(F)cccc4F)n3)ccc3c2cnn3[C@@H]2CCCOC2)C1. The first-order chi connectivity index (χ1) is 18.9. The van der Waals surface area contributed by atoms with Crippen LogP contribution in [0.15, 0.2) is 53.5 Å². The van der Waals surface area contributed by atoms with Crippen LogP contribution < -0.4 is 15.8 Å². The minimum absolute atomic E-state index is 0.145. The fraction of sp³-hybridized carbons (Fsp3) is 0.357. The Kier molecular flexibility index (Phi) is 6.59. The molecule has 2 aromatic carbocycles. The summed E-state index contributed by atoms with van der Waals surface area (Å²) in [7, 11) is 0. The normalized spacial score (nSPS) is 19.5. The van der Waals surface area contributed by atoms with Gasteiger partial charge in [0.05, 0.1) is 35.7 Å². The number of rotatable bonds is 5. The highest BCUT2D eigenvalue weighted by molar-refractivity contribution is 6.08. The maximum absolute atomic E-state index is 14.4. The van der Waals surface area contributed by atoms with Crippen molar-refractivity contribution < 1.29 is 18.3 Å². The number of aromatic nitrogens is 4. The highest BCUT2D eigenvalue weighted by Crippen LogP contribution is 2.39. The van der Waals surface area contributed by atoms with Crippen LogP contribution in [0, 0.1) is 17.6 Å². The summed E-state index contributed by atoms with van der Waals surface area (Å²) in [6.07, 6.45) is 4.81. The molecular weight excluding hydrogens is 506 g/mol. The van der Waals surface area contributed by atoms with Crippen LogP contribution in [0.4, 0.5) is 20.2 Å². The number of ether oxygens (including phenoxy) is 1. The minimum atomic E-state index is -0.960. The van der Waals surface area contributed by atoms with Crippen molar-refractivity contribution in [2.24, 2.45) is 5.92 Å². The molecule has 2 aliphatic rings. The van der Waals surface area contributed by atoms with E-state index < -0.39 is 28.8 Å². The lowest BCUT2D eigenvalue weighted by Gasteiger charge is -2.25. The Morgan fingerprint density at radius 2 is 1.90 bits per heavy atom. The van der Waals surface area contributed by atoms with Crippen LogP contribution in [-0.4, -0.2) is 51.8 Å². The zero-order chi connectivity index (χ0) is 27.1. The van der Waals surface area contributed by atoms with Crippen molar-refractivity contribution in [3.8, 4) is 5.69 Å². The lowest BCUT2D eigenvalue weighted by molar-refractivity contribution is 0.0565. The molecule has 0 bridgehead atoms. The molecule has 2 fully saturated rings. The Morgan fingerprint density at radius 1 is 1.08 bits per heavy atom. The molecule has 0 radical (unpaired) electrons. The van der Waals surface area contributed by atoms with E-state index in [0.717, 1.165) is 73.7 Å². The van der Waals surface area contributed by atoms with Gasteiger partial charge in [0.1, 0.15) is 11.4 Å². The van der Waals surface area contributed by atoms with Crippen molar-refractivity contribution in [3.05, 3.63) is 76.3 Å². The van der Waals surface area contributed by atoms with Crippen LogP contribution in [0.25, 0.3) is 16.6 Å². The first kappa shape index (κ1) is 25.2. The lowest BCUT2D eigenvalue weighted by Crippen LogP contribution is -2.27. The van der Waals surface area contributed by atoms with Crippen LogP contribution in [0.1, 0.15) is 42.7 Å². The smallest absolute Gasteiger partial charge is 0.276 e. The number of nitrogens with one attached hydrogen (secondary N) is 1. The van der Waals surface area contributed by atoms with Gasteiger partial charge in [-0.2, -0.15) is 14.9 Å². The predicted octanol–water partition coefficient (Wildman–Crippen LogP) is 4.31. The average molecular weight is 535 g/mol. The number of hydrogen-bond acceptors (Lipinski definition) is 6. The number of nitrogens with zero attached hydrogens (tertiary/aromatic N) is 5. The zero-order valence-corrected chi connectivity index (χ0v) is 21.4. The number of fused-ring (bicyclic) bond motifs is 1. The zero-order valence-electron chi connectivity index (χ0n) is 21.4. The van der Waals surface area contributed by atoms with Crippen LogP contribution in [0.3, 0.4) is 0 Å². The van der Waals surface area contributed by atoms with E-state index in [9.17, 15) is 18.4 Å². The second-order valence-corrected chi connectivity index (χ2v) is 10.2. The third kappa shape index (κ3) is 4.67. The number of benzene rings is 2. The van der Waals surface area contributed by atoms with Crippen molar-refractivity contribution >= 4 is 28.2 Å². The van der Waals surface area contributed by atoms with Crippen molar-refractivity contribution in [1.82, 2.24) is 19.6 Å². The molecule has 2 saturated heterocycles. The van der Waals surface area contributed by atoms with Gasteiger partial charge in [-0.3, -0.25) is 14.3 Å². The molecule has 11 heteroatoms. The van der Waals surface area contributed by atoms with E-state index in [4.69, 9.17) is 9.84 Å². The highest BCUT2D eigenvalue weighted by Gasteiger charge is 2.27. The second-order valence-electron chi connectivity index (χ2n) is 10.2. The minimum Gasteiger partial charge on any atom is -0.379 e. The van der Waals surface area contributed by atoms with E-state index in [1.807, 2.05) is 23.0 Å². The standard InChI is InChI=1S/C28H28F2N6O3/c1-17-11-12-34(15-17)26-19-14-31-35(18-4-3-13-39-16-18)24(19)9-7-22(26)32-28(38)23-8-10-25(37)36(33-23)27-20(29)5-2-6-21(27)30/h2,5-10,14,17-18H,3-4,11-13,15-16H2,1H3,(H,32,38)/t17-,18-/m1/s1. The number of amides is 1. The van der Waals surface area contributed by atoms with Gasteiger partial charge in [0.15, 0.2) is 11.6 Å². The highest BCUT2D eigenvalue weighted by atomic mass is 19.1. The van der Waals surface area contributed by atoms with Gasteiger partial charge < -0.3 is 15.0 Å². The Hall–Kier alpha value is -4.12. The molecule has 9 nitrogen and oxygen atoms in total. The Bertz CT molecular complexity index is 1590. The molecule has 0 saturated carbocycles. The molecule has 39 heavy (non-hydrogen) atoms. The quantitative estimate of drug-likeness (QED) is 0.410. The third-order valence-corrected chi connectivity index (χ3v) is 7.40. The van der Waals surface area contributed by atoms with Gasteiger partial charge in [-0.05, 0) is 55.5 Å². The number of para-hydroxylation sites is 1. The van der Waals surface area contributed by atoms with E-state index in [0.29, 0.717) is 22.9 Å². The van der Waals surface area contributed by atoms with Gasteiger partial charge in [0.25, 0.3) is 11.5 Å². The Morgan fingerprint density at radius 3 is 2.62 bits per heavy atom. The van der Waals surface area contributed by atoms with Crippen molar-refractivity contribution in [3.63, 3.8) is 0 Å². The fourth-order valence-corrected chi connectivity index (χ4v) is 5.46. The molecule has 1 N–H and O–H groups in total. The molecule has 0 unspecified atom stereocenters. The molecular formula is C28H28F2N6O3. The predicted molar refractivity (Wildman–Crippen MR) is 143 cm³/mol. The van der Waals surface area contributed by atoms with E-state index in [-0.39, 0.29) is 11.7 Å². The maximum Gasteiger partial charge on any atom is 0.276 e. The lowest BCUT2D eigenvalue weighted by atomic mass is 10.1. The Labute approximate surface area is 223 Å². The van der Waals surface area contributed by atoms with Crippen molar-refractivity contribution in [2.75, 3.05) is 36.5 Å². The molecule has 202 valence electrons. The van der Waals surface area contributed by atoms with Crippen molar-refractivity contribution in [2.45, 2.75) is 32.2 Å². The molecule has 2 aromatic heterocycles. The van der Waals surface area contributed by atoms with E-state index in [2.05, 4.69) is 22.2 Å². The number of carbonyl (C=O) groups is 1. The van der Waals surface area contributed by atoms with Gasteiger partial charge in [-0.1, -0.05) is 13.0 Å². The molecule has 0 spiro atoms. The number of anilines is 2. The summed E-state index contributed by atoms with van der Waals surface area (Å²) in [6.45, 7) is 5.21. The second kappa shape index (κ2) is 10.2. The van der Waals surface area contributed by atoms with Crippen LogP contribution in [0.2, 0.25) is 0 Å². The number of carbonyl (C=O) groups excluding carboxylic acids is 1. The van der Waals surface area contributed by atoms with Gasteiger partial charge in [-0.25, -0.2) is 8.78 Å². The maximum atomic E-state index is 14.4. The average Bonchev–Trinajstić information content (AvgIpc) is 3.56. The summed E-state index contributed by atoms with van der Waals surface area (Å²) in [4.78, 5) is 28.0. The fourth-order valence-electron chi connectivity index (χ4n) is 5.46. The number of halogens is 2. The Balaban J connectivity index is 1.38. The summed E-state index contributed by atoms with van der Waals surface area (Å²) in [5.41, 5.74) is 0.833. The van der Waals surface area contributed by atoms with E-state index in [1.165, 1.54) is 12.1 Å². The van der Waals surface area contributed by atoms with E-state index >= 15 is 0 Å². The summed E-state index contributed by atoms with van der Waals surface area (Å²) < 4.78 is 37.0. The monoisotopic (exact) mass is 534 g/mol. The van der Waals surface area contributed by atoms with Crippen LogP contribution in [-0.2, 0) is 4.74 Å². The van der Waals surface area contributed by atoms with E-state index in [1.54, 1.807) is 0 Å². The molecule has 0 aliphatic carbocycles. The van der Waals surface area contributed by atoms with Gasteiger partial charge >= 0.3 is 0 Å². The molecule has 4 aromatic rings. The molecule has 2 aliphatic heterocycles. The third-order valence-electron chi connectivity index (χ3n) is 7.40. The first-order valence-electron chi connectivity index (χ1n) is 13.1. The molecule has 2 atom stereocenters. The molecule has 1 amide bonds. The van der Waals surface area contributed by atoms with Crippen LogP contribution in [0.5, 0.6) is 0 Å². The summed E-state index contributed by atoms with van der Waals surface area (Å²) in [6, 6.07) is 9.46. The van der Waals surface area contributed by atoms with Gasteiger partial charge in [-0.15, -0.1) is 0 Å². The summed E-state index contributed by atoms with van der Waals surface area (Å²) >= 11 is 0. The molecule has 4 heterocycles. The summed E-state index contributed by atoms with van der Waals surface area (Å²) in [5, 5.41) is 12.5.